The quantitative estimate of drug-likeness (QED) is 0.180. The number of aromatic nitrogens is 4. The van der Waals surface area contributed by atoms with E-state index in [0.29, 0.717) is 35.6 Å². The van der Waals surface area contributed by atoms with Crippen molar-refractivity contribution in [2.75, 3.05) is 17.7 Å². The van der Waals surface area contributed by atoms with Crippen LogP contribution in [0.1, 0.15) is 48.3 Å². The Morgan fingerprint density at radius 1 is 0.889 bits per heavy atom. The van der Waals surface area contributed by atoms with Crippen LogP contribution in [-0.4, -0.2) is 44.6 Å². The van der Waals surface area contributed by atoms with E-state index in [-0.39, 0.29) is 42.9 Å². The van der Waals surface area contributed by atoms with Gasteiger partial charge in [-0.25, -0.2) is 9.78 Å². The highest BCUT2D eigenvalue weighted by atomic mass is 16.5. The minimum absolute atomic E-state index is 0.0167. The van der Waals surface area contributed by atoms with Crippen molar-refractivity contribution in [1.29, 1.82) is 0 Å². The SMILES string of the molecule is Nc1nc(OCc2ccc(NC(=O)[C@H]3CC[C@H](NC(=O)OCC4c5ccccc5-c5ccccc54)CC3)cc2)c2nc[nH]c2n1. The molecular weight excluding hydrogens is 570 g/mol. The number of nitrogens with zero attached hydrogens (tertiary/aromatic N) is 3. The topological polar surface area (TPSA) is 157 Å². The first-order valence-corrected chi connectivity index (χ1v) is 15.1. The van der Waals surface area contributed by atoms with E-state index in [9.17, 15) is 9.59 Å². The summed E-state index contributed by atoms with van der Waals surface area (Å²) in [7, 11) is 0. The molecule has 0 spiro atoms. The molecule has 0 bridgehead atoms. The number of benzene rings is 3. The molecule has 0 unspecified atom stereocenters. The summed E-state index contributed by atoms with van der Waals surface area (Å²) in [4.78, 5) is 41.0. The van der Waals surface area contributed by atoms with Crippen molar-refractivity contribution in [2.24, 2.45) is 5.92 Å². The van der Waals surface area contributed by atoms with Gasteiger partial charge in [0, 0.05) is 23.6 Å². The number of hydrogen-bond donors (Lipinski definition) is 4. The first-order chi connectivity index (χ1) is 22.0. The molecule has 5 aromatic rings. The minimum Gasteiger partial charge on any atom is -0.471 e. The van der Waals surface area contributed by atoms with Crippen LogP contribution in [-0.2, 0) is 16.1 Å². The number of anilines is 2. The maximum atomic E-state index is 13.0. The number of aromatic amines is 1. The zero-order valence-electron chi connectivity index (χ0n) is 24.5. The largest absolute Gasteiger partial charge is 0.471 e. The number of hydrogen-bond acceptors (Lipinski definition) is 8. The molecule has 45 heavy (non-hydrogen) atoms. The number of carbonyl (C=O) groups excluding carboxylic acids is 2. The summed E-state index contributed by atoms with van der Waals surface area (Å²) >= 11 is 0. The third kappa shape index (κ3) is 6.01. The van der Waals surface area contributed by atoms with E-state index in [1.807, 2.05) is 48.5 Å². The van der Waals surface area contributed by atoms with Crippen molar-refractivity contribution in [3.05, 3.63) is 95.8 Å². The summed E-state index contributed by atoms with van der Waals surface area (Å²) in [5.74, 6) is 0.292. The third-order valence-corrected chi connectivity index (χ3v) is 8.62. The second-order valence-corrected chi connectivity index (χ2v) is 11.5. The fourth-order valence-corrected chi connectivity index (χ4v) is 6.31. The zero-order valence-corrected chi connectivity index (χ0v) is 24.5. The maximum Gasteiger partial charge on any atom is 0.407 e. The van der Waals surface area contributed by atoms with E-state index < -0.39 is 6.09 Å². The average Bonchev–Trinajstić information content (AvgIpc) is 3.66. The van der Waals surface area contributed by atoms with Gasteiger partial charge in [0.15, 0.2) is 11.2 Å². The lowest BCUT2D eigenvalue weighted by Gasteiger charge is -2.28. The molecule has 2 heterocycles. The molecular formula is C34H33N7O4. The Kier molecular flexibility index (Phi) is 7.73. The van der Waals surface area contributed by atoms with Crippen LogP contribution in [0.15, 0.2) is 79.1 Å². The van der Waals surface area contributed by atoms with Crippen molar-refractivity contribution in [3.63, 3.8) is 0 Å². The lowest BCUT2D eigenvalue weighted by Crippen LogP contribution is -2.40. The number of alkyl carbamates (subject to hydrolysis) is 1. The monoisotopic (exact) mass is 603 g/mol. The van der Waals surface area contributed by atoms with Crippen LogP contribution >= 0.6 is 0 Å². The predicted octanol–water partition coefficient (Wildman–Crippen LogP) is 5.55. The molecule has 5 N–H and O–H groups in total. The van der Waals surface area contributed by atoms with Crippen molar-refractivity contribution in [1.82, 2.24) is 25.3 Å². The van der Waals surface area contributed by atoms with Crippen molar-refractivity contribution in [3.8, 4) is 17.0 Å². The highest BCUT2D eigenvalue weighted by molar-refractivity contribution is 5.92. The maximum absolute atomic E-state index is 13.0. The van der Waals surface area contributed by atoms with Gasteiger partial charge in [-0.3, -0.25) is 4.79 Å². The molecule has 11 nitrogen and oxygen atoms in total. The van der Waals surface area contributed by atoms with Gasteiger partial charge in [0.25, 0.3) is 0 Å². The normalized spacial score (nSPS) is 17.3. The van der Waals surface area contributed by atoms with Gasteiger partial charge < -0.3 is 30.8 Å². The summed E-state index contributed by atoms with van der Waals surface area (Å²) in [6.07, 6.45) is 3.92. The van der Waals surface area contributed by atoms with E-state index in [1.165, 1.54) is 28.6 Å². The zero-order chi connectivity index (χ0) is 30.8. The molecule has 0 atom stereocenters. The Morgan fingerprint density at radius 3 is 2.29 bits per heavy atom. The van der Waals surface area contributed by atoms with Crippen molar-refractivity contribution >= 4 is 34.8 Å². The first kappa shape index (κ1) is 28.3. The summed E-state index contributed by atoms with van der Waals surface area (Å²) in [6.45, 7) is 0.541. The summed E-state index contributed by atoms with van der Waals surface area (Å²) in [5, 5.41) is 6.04. The van der Waals surface area contributed by atoms with E-state index >= 15 is 0 Å². The van der Waals surface area contributed by atoms with Crippen LogP contribution in [0.3, 0.4) is 0 Å². The van der Waals surface area contributed by atoms with E-state index in [0.717, 1.165) is 18.4 Å². The molecule has 3 aromatic carbocycles. The smallest absolute Gasteiger partial charge is 0.407 e. The molecule has 2 amide bonds. The van der Waals surface area contributed by atoms with Gasteiger partial charge in [0.1, 0.15) is 13.2 Å². The average molecular weight is 604 g/mol. The number of amides is 2. The number of imidazole rings is 1. The lowest BCUT2D eigenvalue weighted by atomic mass is 9.85. The van der Waals surface area contributed by atoms with Gasteiger partial charge in [-0.2, -0.15) is 9.97 Å². The van der Waals surface area contributed by atoms with Gasteiger partial charge in [-0.05, 0) is 65.6 Å². The highest BCUT2D eigenvalue weighted by Gasteiger charge is 2.30. The van der Waals surface area contributed by atoms with Crippen LogP contribution in [0.25, 0.3) is 22.3 Å². The molecule has 1 saturated carbocycles. The van der Waals surface area contributed by atoms with Gasteiger partial charge in [0.05, 0.1) is 6.33 Å². The Hall–Kier alpha value is -5.45. The number of nitrogens with one attached hydrogen (secondary N) is 3. The number of nitrogens with two attached hydrogens (primary N) is 1. The summed E-state index contributed by atoms with van der Waals surface area (Å²) in [5.41, 5.74) is 13.2. The predicted molar refractivity (Wildman–Crippen MR) is 169 cm³/mol. The van der Waals surface area contributed by atoms with E-state index in [4.69, 9.17) is 15.2 Å². The fraction of sp³-hybridized carbons (Fsp3) is 0.265. The summed E-state index contributed by atoms with van der Waals surface area (Å²) < 4.78 is 11.5. The Morgan fingerprint density at radius 2 is 1.58 bits per heavy atom. The Labute approximate surface area is 259 Å². The number of ether oxygens (including phenoxy) is 2. The molecule has 7 rings (SSSR count). The van der Waals surface area contributed by atoms with Crippen LogP contribution in [0.2, 0.25) is 0 Å². The standard InChI is InChI=1S/C34H33N7O4/c35-33-40-30-29(36-19-37-30)32(41-33)44-17-20-9-13-22(14-10-20)38-31(42)21-11-15-23(16-12-21)39-34(43)45-18-28-26-7-3-1-5-24(26)25-6-2-4-8-27(25)28/h1-10,13-14,19,21,23,28H,11-12,15-18H2,(H,38,42)(H,39,43)(H3,35,36,37,40,41)/t21-,23-. The van der Waals surface area contributed by atoms with Crippen LogP contribution in [0, 0.1) is 5.92 Å². The molecule has 1 fully saturated rings. The van der Waals surface area contributed by atoms with Crippen molar-refractivity contribution < 1.29 is 19.1 Å². The van der Waals surface area contributed by atoms with E-state index in [2.05, 4.69) is 54.8 Å². The molecule has 228 valence electrons. The van der Waals surface area contributed by atoms with E-state index in [1.54, 1.807) is 0 Å². The number of carbonyl (C=O) groups is 2. The van der Waals surface area contributed by atoms with Gasteiger partial charge in [0.2, 0.25) is 17.7 Å². The van der Waals surface area contributed by atoms with Crippen LogP contribution in [0.5, 0.6) is 5.88 Å². The Balaban J connectivity index is 0.858. The molecule has 2 aliphatic carbocycles. The van der Waals surface area contributed by atoms with Crippen LogP contribution in [0.4, 0.5) is 16.4 Å². The second kappa shape index (κ2) is 12.3. The number of fused-ring (bicyclic) bond motifs is 4. The molecule has 0 radical (unpaired) electrons. The lowest BCUT2D eigenvalue weighted by molar-refractivity contribution is -0.120. The molecule has 0 aliphatic heterocycles. The number of rotatable bonds is 8. The molecule has 11 heteroatoms. The fourth-order valence-electron chi connectivity index (χ4n) is 6.31. The van der Waals surface area contributed by atoms with Gasteiger partial charge in [-0.15, -0.1) is 0 Å². The van der Waals surface area contributed by atoms with Crippen LogP contribution < -0.4 is 21.1 Å². The summed E-state index contributed by atoms with van der Waals surface area (Å²) in [6, 6.07) is 24.0. The minimum atomic E-state index is -0.411. The third-order valence-electron chi connectivity index (χ3n) is 8.62. The highest BCUT2D eigenvalue weighted by Crippen LogP contribution is 2.44. The Bertz CT molecular complexity index is 1800. The van der Waals surface area contributed by atoms with Gasteiger partial charge >= 0.3 is 6.09 Å². The number of H-pyrrole nitrogens is 1. The second-order valence-electron chi connectivity index (χ2n) is 11.5. The van der Waals surface area contributed by atoms with Crippen molar-refractivity contribution in [2.45, 2.75) is 44.2 Å². The first-order valence-electron chi connectivity index (χ1n) is 15.1. The molecule has 2 aromatic heterocycles. The number of nitrogen functional groups attached to an aromatic ring is 1. The van der Waals surface area contributed by atoms with Gasteiger partial charge in [-0.1, -0.05) is 60.7 Å². The molecule has 0 saturated heterocycles. The molecule has 2 aliphatic rings.